The Morgan fingerprint density at radius 1 is 1.04 bits per heavy atom. The van der Waals surface area contributed by atoms with E-state index in [0.717, 1.165) is 6.41 Å². The Bertz CT molecular complexity index is 1360. The van der Waals surface area contributed by atoms with Gasteiger partial charge in [-0.3, -0.25) is 9.59 Å². The molecule has 6 aliphatic rings. The van der Waals surface area contributed by atoms with E-state index in [4.69, 9.17) is 28.4 Å². The Balaban J connectivity index is 1.52. The van der Waals surface area contributed by atoms with Gasteiger partial charge in [-0.15, -0.1) is 0 Å². The number of nitrogens with zero attached hydrogens (tertiary/aromatic N) is 1. The minimum atomic E-state index is -1.85. The minimum Gasteiger partial charge on any atom is -0.455 e. The summed E-state index contributed by atoms with van der Waals surface area (Å²) in [5, 5.41) is 25.1. The number of fused-ring (bicyclic) bond motifs is 2. The summed E-state index contributed by atoms with van der Waals surface area (Å²) in [7, 11) is 6.26. The molecular weight excluding hydrogens is 586 g/mol. The molecule has 7 bridgehead atoms. The van der Waals surface area contributed by atoms with Crippen molar-refractivity contribution in [3.63, 3.8) is 0 Å². The fourth-order valence-corrected chi connectivity index (χ4v) is 12.1. The van der Waals surface area contributed by atoms with Gasteiger partial charge in [0.05, 0.1) is 24.4 Å². The Labute approximate surface area is 262 Å². The van der Waals surface area contributed by atoms with Gasteiger partial charge in [-0.1, -0.05) is 18.2 Å². The van der Waals surface area contributed by atoms with E-state index in [1.807, 2.05) is 0 Å². The number of piperidine rings is 1. The molecule has 12 heteroatoms. The Morgan fingerprint density at radius 2 is 1.78 bits per heavy atom. The lowest BCUT2D eigenvalue weighted by Crippen LogP contribution is -2.80. The maximum absolute atomic E-state index is 13.7. The molecule has 1 aromatic rings. The largest absolute Gasteiger partial charge is 0.455 e. The maximum atomic E-state index is 13.7. The summed E-state index contributed by atoms with van der Waals surface area (Å²) in [6.07, 6.45) is -2.81. The third-order valence-electron chi connectivity index (χ3n) is 12.7. The van der Waals surface area contributed by atoms with Crippen LogP contribution in [0.1, 0.15) is 36.5 Å². The molecule has 14 atom stereocenters. The van der Waals surface area contributed by atoms with Crippen molar-refractivity contribution in [1.29, 1.82) is 0 Å². The first-order valence-corrected chi connectivity index (χ1v) is 15.7. The van der Waals surface area contributed by atoms with Gasteiger partial charge in [0.1, 0.15) is 23.9 Å². The fraction of sp³-hybridized carbons (Fsp3) is 0.727. The van der Waals surface area contributed by atoms with E-state index in [9.17, 15) is 24.6 Å². The van der Waals surface area contributed by atoms with Crippen LogP contribution in [0.5, 0.6) is 0 Å². The molecule has 1 amide bonds. The molecule has 0 aromatic heterocycles. The number of esters is 2. The van der Waals surface area contributed by atoms with Gasteiger partial charge < -0.3 is 43.5 Å². The van der Waals surface area contributed by atoms with Crippen LogP contribution in [0.3, 0.4) is 0 Å². The van der Waals surface area contributed by atoms with Crippen LogP contribution in [0.25, 0.3) is 0 Å². The number of aliphatic hydroxyl groups is 2. The van der Waals surface area contributed by atoms with E-state index in [-0.39, 0.29) is 18.4 Å². The number of methoxy groups -OCH3 is 4. The van der Waals surface area contributed by atoms with Crippen molar-refractivity contribution in [2.75, 3.05) is 41.6 Å². The van der Waals surface area contributed by atoms with Crippen LogP contribution in [0.15, 0.2) is 30.3 Å². The van der Waals surface area contributed by atoms with Crippen molar-refractivity contribution >= 4 is 18.3 Å². The number of hydrogen-bond acceptors (Lipinski definition) is 11. The lowest BCUT2D eigenvalue weighted by molar-refractivity contribution is -0.315. The smallest absolute Gasteiger partial charge is 0.338 e. The van der Waals surface area contributed by atoms with E-state index >= 15 is 0 Å². The van der Waals surface area contributed by atoms with Gasteiger partial charge in [-0.25, -0.2) is 4.79 Å². The number of likely N-dealkylation sites (tertiary alicyclic amines) is 1. The SMILES string of the molecule is COC[C@@]12CCC(OC)[C@@]34[C@@H]5C[C@@]6(O)C(OC)C(O)[C@@](OC(C)=O)([C@H]5C6OC(=O)c5ccccc5)[C@@H](C(OC)[C@H]13)[C@H]4N(C=O)C2. The summed E-state index contributed by atoms with van der Waals surface area (Å²) in [5.74, 6) is -3.75. The van der Waals surface area contributed by atoms with E-state index in [0.29, 0.717) is 31.6 Å². The van der Waals surface area contributed by atoms with Crippen LogP contribution in [-0.2, 0) is 38.0 Å². The summed E-state index contributed by atoms with van der Waals surface area (Å²) in [6, 6.07) is 7.88. The molecule has 7 rings (SSSR count). The number of hydrogen-bond donors (Lipinski definition) is 2. The number of rotatable bonds is 9. The molecule has 1 aromatic carbocycles. The second kappa shape index (κ2) is 10.4. The summed E-state index contributed by atoms with van der Waals surface area (Å²) >= 11 is 0. The molecule has 12 nitrogen and oxygen atoms in total. The first kappa shape index (κ1) is 31.0. The topological polar surface area (TPSA) is 150 Å². The standard InChI is InChI=1S/C33H43NO11/c1-17(36)45-33-21-19(13-31(39,28(43-5)26(33)37)27(21)44-29(38)18-9-7-6-8-10-18)32-20(41-3)11-12-30(15-40-2)14-34(16-35)25(32)22(33)23(42-4)24(30)32/h6-10,16,19-28,37,39H,11-15H2,1-5H3/t19-,20?,21-,22+,23?,24-,25-,26?,27?,28?,30+,31+,32+,33-/m1/s1. The second-order valence-electron chi connectivity index (χ2n) is 14.1. The van der Waals surface area contributed by atoms with Crippen molar-refractivity contribution in [2.24, 2.45) is 34.5 Å². The summed E-state index contributed by atoms with van der Waals surface area (Å²) in [5.41, 5.74) is -4.68. The molecule has 246 valence electrons. The highest BCUT2D eigenvalue weighted by atomic mass is 16.6. The van der Waals surface area contributed by atoms with Crippen molar-refractivity contribution < 1.29 is 53.0 Å². The Kier molecular flexibility index (Phi) is 7.20. The predicted molar refractivity (Wildman–Crippen MR) is 155 cm³/mol. The highest BCUT2D eigenvalue weighted by Gasteiger charge is 2.91. The van der Waals surface area contributed by atoms with Gasteiger partial charge in [0.25, 0.3) is 0 Å². The van der Waals surface area contributed by atoms with Crippen LogP contribution in [0, 0.1) is 34.5 Å². The molecule has 1 heterocycles. The molecular formula is C33H43NO11. The quantitative estimate of drug-likeness (QED) is 0.295. The Morgan fingerprint density at radius 3 is 2.38 bits per heavy atom. The number of aliphatic hydroxyl groups excluding tert-OH is 1. The summed E-state index contributed by atoms with van der Waals surface area (Å²) < 4.78 is 37.1. The zero-order valence-electron chi connectivity index (χ0n) is 26.3. The monoisotopic (exact) mass is 629 g/mol. The fourth-order valence-electron chi connectivity index (χ4n) is 12.1. The van der Waals surface area contributed by atoms with E-state index in [2.05, 4.69) is 0 Å². The third kappa shape index (κ3) is 3.56. The lowest BCUT2D eigenvalue weighted by atomic mass is 9.43. The summed E-state index contributed by atoms with van der Waals surface area (Å²) in [4.78, 5) is 41.7. The molecule has 1 saturated heterocycles. The van der Waals surface area contributed by atoms with Gasteiger partial charge in [0.2, 0.25) is 6.41 Å². The van der Waals surface area contributed by atoms with Crippen LogP contribution >= 0.6 is 0 Å². The van der Waals surface area contributed by atoms with Gasteiger partial charge in [0, 0.05) is 76.5 Å². The van der Waals surface area contributed by atoms with Gasteiger partial charge in [-0.2, -0.15) is 0 Å². The zero-order chi connectivity index (χ0) is 32.1. The molecule has 1 aliphatic heterocycles. The highest BCUT2D eigenvalue weighted by Crippen LogP contribution is 2.80. The van der Waals surface area contributed by atoms with E-state index in [1.165, 1.54) is 14.0 Å². The molecule has 1 spiro atoms. The average molecular weight is 630 g/mol. The third-order valence-corrected chi connectivity index (χ3v) is 12.7. The highest BCUT2D eigenvalue weighted by molar-refractivity contribution is 5.89. The minimum absolute atomic E-state index is 0.0504. The van der Waals surface area contributed by atoms with E-state index < -0.39 is 82.2 Å². The zero-order valence-corrected chi connectivity index (χ0v) is 26.3. The first-order valence-electron chi connectivity index (χ1n) is 15.7. The molecule has 45 heavy (non-hydrogen) atoms. The average Bonchev–Trinajstić information content (AvgIpc) is 3.40. The van der Waals surface area contributed by atoms with Crippen molar-refractivity contribution in [2.45, 2.75) is 73.9 Å². The van der Waals surface area contributed by atoms with Crippen LogP contribution in [0.4, 0.5) is 0 Å². The van der Waals surface area contributed by atoms with Crippen LogP contribution in [0.2, 0.25) is 0 Å². The number of ether oxygens (including phenoxy) is 6. The molecule has 6 fully saturated rings. The number of carbonyl (C=O) groups is 3. The maximum Gasteiger partial charge on any atom is 0.338 e. The first-order chi connectivity index (χ1) is 21.6. The van der Waals surface area contributed by atoms with Crippen molar-refractivity contribution in [3.05, 3.63) is 35.9 Å². The lowest BCUT2D eigenvalue weighted by Gasteiger charge is -2.69. The van der Waals surface area contributed by atoms with Crippen LogP contribution in [-0.4, -0.2) is 123 Å². The molecule has 2 N–H and O–H groups in total. The Hall–Kier alpha value is -2.61. The van der Waals surface area contributed by atoms with Gasteiger partial charge in [-0.05, 0) is 37.3 Å². The summed E-state index contributed by atoms with van der Waals surface area (Å²) in [6.45, 7) is 2.01. The number of amides is 1. The van der Waals surface area contributed by atoms with Gasteiger partial charge >= 0.3 is 11.9 Å². The molecule has 5 aliphatic carbocycles. The number of carbonyl (C=O) groups excluding carboxylic acids is 3. The molecule has 5 saturated carbocycles. The van der Waals surface area contributed by atoms with Crippen molar-refractivity contribution in [1.82, 2.24) is 4.90 Å². The molecule has 5 unspecified atom stereocenters. The van der Waals surface area contributed by atoms with Gasteiger partial charge in [0.15, 0.2) is 5.60 Å². The van der Waals surface area contributed by atoms with E-state index in [1.54, 1.807) is 56.6 Å². The molecule has 0 radical (unpaired) electrons. The predicted octanol–water partition coefficient (Wildman–Crippen LogP) is 0.814. The van der Waals surface area contributed by atoms with Crippen LogP contribution < -0.4 is 0 Å². The number of benzene rings is 1. The van der Waals surface area contributed by atoms with Crippen molar-refractivity contribution in [3.8, 4) is 0 Å². The second-order valence-corrected chi connectivity index (χ2v) is 14.1. The normalized spacial score (nSPS) is 48.6.